The molecule has 0 saturated heterocycles. The van der Waals surface area contributed by atoms with Crippen LogP contribution < -0.4 is 0 Å². The minimum absolute atomic E-state index is 0.0153. The molecule has 0 aliphatic heterocycles. The molecule has 0 heterocycles. The topological polar surface area (TPSA) is 237 Å². The molecule has 5 atom stereocenters. The van der Waals surface area contributed by atoms with Gasteiger partial charge in [0.1, 0.15) is 19.3 Å². The summed E-state index contributed by atoms with van der Waals surface area (Å²) in [6.45, 7) is 4.20. The number of carbonyl (C=O) groups is 4. The third-order valence-corrected chi connectivity index (χ3v) is 16.3. The van der Waals surface area contributed by atoms with Crippen molar-refractivity contribution >= 4 is 39.5 Å². The van der Waals surface area contributed by atoms with Gasteiger partial charge in [0, 0.05) is 19.3 Å². The van der Waals surface area contributed by atoms with Crippen LogP contribution in [0.3, 0.4) is 0 Å². The number of hydrogen-bond acceptors (Lipinski definition) is 15. The summed E-state index contributed by atoms with van der Waals surface area (Å²) in [5, 5.41) is 10.6. The van der Waals surface area contributed by atoms with E-state index in [-0.39, 0.29) is 25.7 Å². The number of phosphoric ester groups is 2. The Morgan fingerprint density at radius 3 is 0.910 bits per heavy atom. The minimum atomic E-state index is -5.02. The van der Waals surface area contributed by atoms with Crippen molar-refractivity contribution in [2.45, 2.75) is 264 Å². The number of unbranched alkanes of at least 4 members (excludes halogenated alkanes) is 12. The van der Waals surface area contributed by atoms with Crippen molar-refractivity contribution in [3.63, 3.8) is 0 Å². The van der Waals surface area contributed by atoms with Crippen molar-refractivity contribution in [3.05, 3.63) is 182 Å². The summed E-state index contributed by atoms with van der Waals surface area (Å²) in [6, 6.07) is 0. The van der Waals surface area contributed by atoms with Gasteiger partial charge in [-0.1, -0.05) is 249 Å². The van der Waals surface area contributed by atoms with Gasteiger partial charge in [-0.25, -0.2) is 9.13 Å². The maximum Gasteiger partial charge on any atom is 0.472 e. The number of aliphatic hydroxyl groups excluding tert-OH is 1. The van der Waals surface area contributed by atoms with Gasteiger partial charge in [-0.2, -0.15) is 0 Å². The van der Waals surface area contributed by atoms with Gasteiger partial charge in [0.05, 0.1) is 32.8 Å². The van der Waals surface area contributed by atoms with Gasteiger partial charge in [-0.15, -0.1) is 0 Å². The number of rotatable bonds is 67. The Hall–Kier alpha value is -5.84. The second kappa shape index (κ2) is 71.6. The summed E-state index contributed by atoms with van der Waals surface area (Å²) in [7, 11) is -10.0. The van der Waals surface area contributed by atoms with E-state index in [1.165, 1.54) is 0 Å². The van der Waals surface area contributed by atoms with Crippen LogP contribution in [0.25, 0.3) is 0 Å². The SMILES string of the molecule is CC/C=C\C/C=C\C/C=C\C/C=C\C/C=C\CC(=O)OCC(COP(=O)(O)OCC(O)COP(=O)(O)OCC(COC(=O)CCCCCC/C=C\C/C=C\C/C=C\C/C=C\CC)OC(=O)CCCCCCC/C=C\C/C=C\CCC)OC(=O)CCCC/C=C\C/C=C\C/C=C\C/C=C\CC. The molecule has 0 bridgehead atoms. The van der Waals surface area contributed by atoms with Gasteiger partial charge in [0.2, 0.25) is 0 Å². The highest BCUT2D eigenvalue weighted by atomic mass is 31.2. The first-order valence-electron chi connectivity index (χ1n) is 37.0. The van der Waals surface area contributed by atoms with E-state index in [9.17, 15) is 43.2 Å². The highest BCUT2D eigenvalue weighted by Gasteiger charge is 2.30. The maximum absolute atomic E-state index is 13.1. The number of aliphatic hydroxyl groups is 1. The van der Waals surface area contributed by atoms with E-state index in [2.05, 4.69) is 180 Å². The molecule has 0 radical (unpaired) electrons. The van der Waals surface area contributed by atoms with E-state index >= 15 is 0 Å². The molecule has 0 aliphatic rings. The molecule has 0 aromatic heterocycles. The molecule has 0 fully saturated rings. The van der Waals surface area contributed by atoms with E-state index in [0.717, 1.165) is 161 Å². The number of carbonyl (C=O) groups excluding carboxylic acids is 4. The Labute approximate surface area is 603 Å². The molecule has 19 heteroatoms. The molecular weight excluding hydrogens is 1310 g/mol. The summed E-state index contributed by atoms with van der Waals surface area (Å²) in [5.74, 6) is -2.44. The first-order valence-corrected chi connectivity index (χ1v) is 40.0. The van der Waals surface area contributed by atoms with Gasteiger partial charge >= 0.3 is 39.5 Å². The van der Waals surface area contributed by atoms with Crippen molar-refractivity contribution in [1.82, 2.24) is 0 Å². The second-order valence-electron chi connectivity index (χ2n) is 23.8. The van der Waals surface area contributed by atoms with Crippen LogP contribution in [-0.2, 0) is 65.4 Å². The van der Waals surface area contributed by atoms with Crippen LogP contribution in [0.15, 0.2) is 182 Å². The monoisotopic (exact) mass is 1430 g/mol. The van der Waals surface area contributed by atoms with Crippen LogP contribution in [0.1, 0.15) is 246 Å². The molecule has 0 saturated carbocycles. The van der Waals surface area contributed by atoms with Crippen LogP contribution >= 0.6 is 15.6 Å². The lowest BCUT2D eigenvalue weighted by molar-refractivity contribution is -0.161. The number of allylic oxidation sites excluding steroid dienone is 29. The Morgan fingerprint density at radius 2 is 0.560 bits per heavy atom. The Morgan fingerprint density at radius 1 is 0.300 bits per heavy atom. The number of esters is 4. The zero-order chi connectivity index (χ0) is 73.2. The fourth-order valence-electron chi connectivity index (χ4n) is 8.84. The molecule has 0 rings (SSSR count). The Kier molecular flexibility index (Phi) is 67.4. The smallest absolute Gasteiger partial charge is 0.462 e. The quantitative estimate of drug-likeness (QED) is 0.0169. The van der Waals surface area contributed by atoms with Crippen LogP contribution in [-0.4, -0.2) is 96.7 Å². The highest BCUT2D eigenvalue weighted by Crippen LogP contribution is 2.45. The Balaban J connectivity index is 5.50. The predicted octanol–water partition coefficient (Wildman–Crippen LogP) is 21.2. The first-order chi connectivity index (χ1) is 48.7. The summed E-state index contributed by atoms with van der Waals surface area (Å²) in [4.78, 5) is 72.7. The molecule has 5 unspecified atom stereocenters. The van der Waals surface area contributed by atoms with Crippen LogP contribution in [0.2, 0.25) is 0 Å². The molecule has 0 amide bonds. The van der Waals surface area contributed by atoms with Gasteiger partial charge in [0.25, 0.3) is 0 Å². The van der Waals surface area contributed by atoms with E-state index in [0.29, 0.717) is 32.1 Å². The van der Waals surface area contributed by atoms with Gasteiger partial charge in [-0.3, -0.25) is 37.3 Å². The molecular formula is C81H128O17P2. The molecule has 3 N–H and O–H groups in total. The van der Waals surface area contributed by atoms with Crippen LogP contribution in [0.4, 0.5) is 0 Å². The minimum Gasteiger partial charge on any atom is -0.462 e. The van der Waals surface area contributed by atoms with E-state index in [4.69, 9.17) is 37.0 Å². The molecule has 0 aliphatic carbocycles. The van der Waals surface area contributed by atoms with Crippen molar-refractivity contribution < 1.29 is 80.2 Å². The molecule has 100 heavy (non-hydrogen) atoms. The molecule has 0 spiro atoms. The third kappa shape index (κ3) is 70.6. The third-order valence-electron chi connectivity index (χ3n) is 14.4. The van der Waals surface area contributed by atoms with E-state index < -0.39 is 97.5 Å². The zero-order valence-electron chi connectivity index (χ0n) is 61.3. The van der Waals surface area contributed by atoms with Crippen molar-refractivity contribution in [2.75, 3.05) is 39.6 Å². The number of hydrogen-bond donors (Lipinski definition) is 3. The van der Waals surface area contributed by atoms with Gasteiger partial charge in [-0.05, 0) is 154 Å². The fourth-order valence-corrected chi connectivity index (χ4v) is 10.4. The molecule has 0 aromatic carbocycles. The maximum atomic E-state index is 13.1. The van der Waals surface area contributed by atoms with E-state index in [1.54, 1.807) is 6.08 Å². The lowest BCUT2D eigenvalue weighted by atomic mass is 10.1. The average Bonchev–Trinajstić information content (AvgIpc) is 0.988. The largest absolute Gasteiger partial charge is 0.472 e. The van der Waals surface area contributed by atoms with Crippen molar-refractivity contribution in [2.24, 2.45) is 0 Å². The van der Waals surface area contributed by atoms with Crippen molar-refractivity contribution in [1.29, 1.82) is 0 Å². The number of phosphoric acid groups is 2. The normalized spacial score (nSPS) is 15.0. The summed E-state index contributed by atoms with van der Waals surface area (Å²) in [6.07, 6.45) is 85.0. The van der Waals surface area contributed by atoms with Crippen molar-refractivity contribution in [3.8, 4) is 0 Å². The van der Waals surface area contributed by atoms with Crippen LogP contribution in [0.5, 0.6) is 0 Å². The Bertz CT molecular complexity index is 2620. The second-order valence-corrected chi connectivity index (χ2v) is 26.7. The fraction of sp³-hybridized carbons (Fsp3) is 0.580. The summed E-state index contributed by atoms with van der Waals surface area (Å²) >= 11 is 0. The lowest BCUT2D eigenvalue weighted by Crippen LogP contribution is -2.30. The number of ether oxygens (including phenoxy) is 4. The predicted molar refractivity (Wildman–Crippen MR) is 408 cm³/mol. The van der Waals surface area contributed by atoms with Crippen LogP contribution in [0, 0.1) is 0 Å². The molecule has 17 nitrogen and oxygen atoms in total. The standard InChI is InChI=1S/C81H128O17P2/c1-5-9-13-17-21-25-29-33-36-37-40-43-46-50-54-58-62-66-79(84)92-71-76(97-80(85)67-63-59-55-51-47-41-32-28-24-20-16-12-8-4)73-95-99(87,88)93-69-75(82)70-94-100(89,90)96-74-77(98-81(86)68-64-60-56-52-48-44-39-35-31-27-23-19-15-11-7-3)72-91-78(83)65-61-57-53-49-45-42-38-34-30-26-22-18-14-10-6-2/h9-11,13-16,20-23,25-28,32-36,38-40,43,45,48-49,52,57,61,75-77,82H,5-8,12,17-19,24,29-31,37,41-42,44,46-47,50-51,53-56,58-60,62-74H2,1-4H3,(H,87,88)(H,89,90)/b13-9-,14-10-,15-11-,20-16-,25-21-,26-22-,27-23-,32-28-,36-33-,38-34-,39-35-,43-40-,49-45-,52-48-,61-57-. The van der Waals surface area contributed by atoms with E-state index in [1.807, 2.05) is 24.3 Å². The zero-order valence-corrected chi connectivity index (χ0v) is 63.1. The highest BCUT2D eigenvalue weighted by molar-refractivity contribution is 7.47. The summed E-state index contributed by atoms with van der Waals surface area (Å²) in [5.41, 5.74) is 0. The molecule has 0 aromatic rings. The average molecular weight is 1440 g/mol. The molecule has 564 valence electrons. The van der Waals surface area contributed by atoms with Gasteiger partial charge < -0.3 is 33.8 Å². The lowest BCUT2D eigenvalue weighted by Gasteiger charge is -2.21. The first kappa shape index (κ1) is 94.2. The summed E-state index contributed by atoms with van der Waals surface area (Å²) < 4.78 is 68.2. The van der Waals surface area contributed by atoms with Gasteiger partial charge in [0.15, 0.2) is 12.2 Å².